The molecule has 0 fully saturated rings. The summed E-state index contributed by atoms with van der Waals surface area (Å²) in [4.78, 5) is 21.3. The van der Waals surface area contributed by atoms with Crippen molar-refractivity contribution in [3.63, 3.8) is 0 Å². The molecule has 0 aliphatic rings. The van der Waals surface area contributed by atoms with Gasteiger partial charge in [-0.05, 0) is 24.3 Å². The van der Waals surface area contributed by atoms with Gasteiger partial charge in [-0.15, -0.1) is 0 Å². The van der Waals surface area contributed by atoms with E-state index in [0.717, 1.165) is 0 Å². The lowest BCUT2D eigenvalue weighted by molar-refractivity contribution is -0.131. The number of carbonyl (C=O) groups excluding carboxylic acids is 2. The van der Waals surface area contributed by atoms with E-state index in [0.29, 0.717) is 11.4 Å². The van der Waals surface area contributed by atoms with Gasteiger partial charge < -0.3 is 10.1 Å². The van der Waals surface area contributed by atoms with Gasteiger partial charge in [0, 0.05) is 19.5 Å². The molecule has 0 aliphatic carbocycles. The van der Waals surface area contributed by atoms with Gasteiger partial charge in [0.1, 0.15) is 5.75 Å². The van der Waals surface area contributed by atoms with Gasteiger partial charge in [0.05, 0.1) is 0 Å². The van der Waals surface area contributed by atoms with E-state index in [2.05, 4.69) is 5.32 Å². The molecule has 0 atom stereocenters. The van der Waals surface area contributed by atoms with Crippen molar-refractivity contribution in [3.05, 3.63) is 24.3 Å². The lowest BCUT2D eigenvalue weighted by Crippen LogP contribution is -2.06. The van der Waals surface area contributed by atoms with E-state index in [1.54, 1.807) is 24.3 Å². The van der Waals surface area contributed by atoms with Crippen LogP contribution in [0.25, 0.3) is 0 Å². The van der Waals surface area contributed by atoms with Crippen molar-refractivity contribution in [2.24, 2.45) is 0 Å². The Morgan fingerprint density at radius 2 is 1.56 bits per heavy atom. The van der Waals surface area contributed by atoms with Gasteiger partial charge in [0.15, 0.2) is 0 Å². The first-order chi connectivity index (χ1) is 7.58. The van der Waals surface area contributed by atoms with Gasteiger partial charge in [-0.1, -0.05) is 13.8 Å². The van der Waals surface area contributed by atoms with Crippen LogP contribution in [0, 0.1) is 0 Å². The van der Waals surface area contributed by atoms with Crippen LogP contribution in [0.1, 0.15) is 27.7 Å². The third kappa shape index (κ3) is 5.80. The quantitative estimate of drug-likeness (QED) is 0.619. The first kappa shape index (κ1) is 14.2. The van der Waals surface area contributed by atoms with Gasteiger partial charge in [0.25, 0.3) is 0 Å². The van der Waals surface area contributed by atoms with Crippen molar-refractivity contribution >= 4 is 17.6 Å². The van der Waals surface area contributed by atoms with Crippen LogP contribution in [0.15, 0.2) is 24.3 Å². The van der Waals surface area contributed by atoms with Gasteiger partial charge >= 0.3 is 5.97 Å². The largest absolute Gasteiger partial charge is 0.427 e. The first-order valence-corrected chi connectivity index (χ1v) is 5.14. The molecule has 4 nitrogen and oxygen atoms in total. The highest BCUT2D eigenvalue weighted by Crippen LogP contribution is 2.15. The number of nitrogens with one attached hydrogen (secondary N) is 1. The molecule has 0 radical (unpaired) electrons. The Morgan fingerprint density at radius 1 is 1.06 bits per heavy atom. The van der Waals surface area contributed by atoms with E-state index in [4.69, 9.17) is 4.74 Å². The summed E-state index contributed by atoms with van der Waals surface area (Å²) in [5, 5.41) is 2.61. The Bertz CT molecular complexity index is 309. The number of hydrogen-bond donors (Lipinski definition) is 1. The third-order valence-corrected chi connectivity index (χ3v) is 1.44. The molecule has 0 bridgehead atoms. The zero-order chi connectivity index (χ0) is 12.6. The smallest absolute Gasteiger partial charge is 0.308 e. The Morgan fingerprint density at radius 3 is 1.94 bits per heavy atom. The Balaban J connectivity index is 0.00000106. The molecule has 0 unspecified atom stereocenters. The molecule has 88 valence electrons. The molecule has 1 amide bonds. The predicted molar refractivity (Wildman–Crippen MR) is 63.4 cm³/mol. The number of carbonyl (C=O) groups is 2. The van der Waals surface area contributed by atoms with E-state index >= 15 is 0 Å². The molecule has 0 aliphatic heterocycles. The number of benzene rings is 1. The highest BCUT2D eigenvalue weighted by Gasteiger charge is 1.98. The SMILES string of the molecule is CC.CC(=O)Nc1ccc(OC(C)=O)cc1. The molecule has 0 saturated carbocycles. The maximum absolute atomic E-state index is 10.7. The average Bonchev–Trinajstić information content (AvgIpc) is 2.22. The maximum Gasteiger partial charge on any atom is 0.308 e. The van der Waals surface area contributed by atoms with E-state index in [-0.39, 0.29) is 11.9 Å². The number of ether oxygens (including phenoxy) is 1. The Hall–Kier alpha value is -1.84. The summed E-state index contributed by atoms with van der Waals surface area (Å²) in [7, 11) is 0. The van der Waals surface area contributed by atoms with Gasteiger partial charge in [-0.3, -0.25) is 9.59 Å². The number of amides is 1. The molecule has 16 heavy (non-hydrogen) atoms. The molecular formula is C12H17NO3. The second-order valence-corrected chi connectivity index (χ2v) is 2.80. The van der Waals surface area contributed by atoms with Crippen molar-refractivity contribution < 1.29 is 14.3 Å². The fourth-order valence-corrected chi connectivity index (χ4v) is 0.976. The highest BCUT2D eigenvalue weighted by atomic mass is 16.5. The van der Waals surface area contributed by atoms with Crippen LogP contribution in [-0.4, -0.2) is 11.9 Å². The van der Waals surface area contributed by atoms with Crippen molar-refractivity contribution in [2.45, 2.75) is 27.7 Å². The van der Waals surface area contributed by atoms with E-state index in [9.17, 15) is 9.59 Å². The first-order valence-electron chi connectivity index (χ1n) is 5.14. The van der Waals surface area contributed by atoms with Gasteiger partial charge in [0.2, 0.25) is 5.91 Å². The van der Waals surface area contributed by atoms with Gasteiger partial charge in [-0.2, -0.15) is 0 Å². The second kappa shape index (κ2) is 7.45. The summed E-state index contributed by atoms with van der Waals surface area (Å²) in [6.45, 7) is 6.77. The fourth-order valence-electron chi connectivity index (χ4n) is 0.976. The molecule has 0 saturated heterocycles. The zero-order valence-electron chi connectivity index (χ0n) is 10.0. The minimum atomic E-state index is -0.364. The normalized spacial score (nSPS) is 8.50. The lowest BCUT2D eigenvalue weighted by Gasteiger charge is -2.03. The molecule has 1 N–H and O–H groups in total. The minimum Gasteiger partial charge on any atom is -0.427 e. The Labute approximate surface area is 95.6 Å². The topological polar surface area (TPSA) is 55.4 Å². The summed E-state index contributed by atoms with van der Waals surface area (Å²) in [5.41, 5.74) is 0.674. The number of rotatable bonds is 2. The molecule has 0 spiro atoms. The average molecular weight is 223 g/mol. The van der Waals surface area contributed by atoms with E-state index in [1.165, 1.54) is 13.8 Å². The lowest BCUT2D eigenvalue weighted by atomic mass is 10.3. The summed E-state index contributed by atoms with van der Waals surface area (Å²) in [5.74, 6) is -0.0332. The van der Waals surface area contributed by atoms with Crippen LogP contribution in [0.3, 0.4) is 0 Å². The molecule has 1 aromatic carbocycles. The van der Waals surface area contributed by atoms with Crippen molar-refractivity contribution in [1.29, 1.82) is 0 Å². The van der Waals surface area contributed by atoms with Crippen LogP contribution >= 0.6 is 0 Å². The molecule has 0 heterocycles. The molecular weight excluding hydrogens is 206 g/mol. The van der Waals surface area contributed by atoms with Gasteiger partial charge in [-0.25, -0.2) is 0 Å². The molecule has 4 heteroatoms. The summed E-state index contributed by atoms with van der Waals surface area (Å²) >= 11 is 0. The highest BCUT2D eigenvalue weighted by molar-refractivity contribution is 5.88. The van der Waals surface area contributed by atoms with Crippen LogP contribution < -0.4 is 10.1 Å². The minimum absolute atomic E-state index is 0.134. The molecule has 1 rings (SSSR count). The van der Waals surface area contributed by atoms with Crippen LogP contribution in [0.5, 0.6) is 5.75 Å². The van der Waals surface area contributed by atoms with E-state index < -0.39 is 0 Å². The second-order valence-electron chi connectivity index (χ2n) is 2.80. The monoisotopic (exact) mass is 223 g/mol. The van der Waals surface area contributed by atoms with E-state index in [1.807, 2.05) is 13.8 Å². The summed E-state index contributed by atoms with van der Waals surface area (Å²) < 4.78 is 4.82. The maximum atomic E-state index is 10.7. The third-order valence-electron chi connectivity index (χ3n) is 1.44. The van der Waals surface area contributed by atoms with Crippen molar-refractivity contribution in [2.75, 3.05) is 5.32 Å². The predicted octanol–water partition coefficient (Wildman–Crippen LogP) is 2.60. The van der Waals surface area contributed by atoms with Crippen LogP contribution in [-0.2, 0) is 9.59 Å². The summed E-state index contributed by atoms with van der Waals surface area (Å²) in [6, 6.07) is 6.57. The standard InChI is InChI=1S/C10H11NO3.C2H6/c1-7(12)11-9-3-5-10(6-4-9)14-8(2)13;1-2/h3-6H,1-2H3,(H,11,12);1-2H3. The number of esters is 1. The zero-order valence-corrected chi connectivity index (χ0v) is 10.0. The van der Waals surface area contributed by atoms with Crippen LogP contribution in [0.2, 0.25) is 0 Å². The molecule has 0 aromatic heterocycles. The summed E-state index contributed by atoms with van der Waals surface area (Å²) in [6.07, 6.45) is 0. The number of hydrogen-bond acceptors (Lipinski definition) is 3. The Kier molecular flexibility index (Phi) is 6.59. The van der Waals surface area contributed by atoms with Crippen molar-refractivity contribution in [1.82, 2.24) is 0 Å². The van der Waals surface area contributed by atoms with Crippen molar-refractivity contribution in [3.8, 4) is 5.75 Å². The molecule has 1 aromatic rings. The fraction of sp³-hybridized carbons (Fsp3) is 0.333. The number of anilines is 1. The van der Waals surface area contributed by atoms with Crippen LogP contribution in [0.4, 0.5) is 5.69 Å².